The second-order valence-electron chi connectivity index (χ2n) is 3.08. The lowest BCUT2D eigenvalue weighted by Crippen LogP contribution is -2.40. The van der Waals surface area contributed by atoms with E-state index in [0.29, 0.717) is 12.2 Å². The maximum atomic E-state index is 11.5. The molecule has 1 unspecified atom stereocenters. The number of aromatic nitrogens is 1. The van der Waals surface area contributed by atoms with E-state index in [2.05, 4.69) is 15.0 Å². The number of hydrogen-bond acceptors (Lipinski definition) is 4. The SMILES string of the molecule is CCCC(CN)NC(=O)c1ccon1. The standard InChI is InChI=1S/C9H15N3O2/c1-2-3-7(6-10)11-9(13)8-4-5-14-12-8/h4-5,7H,2-3,6,10H2,1H3,(H,11,13). The van der Waals surface area contributed by atoms with E-state index in [9.17, 15) is 4.79 Å². The van der Waals surface area contributed by atoms with Gasteiger partial charge in [0.1, 0.15) is 6.26 Å². The summed E-state index contributed by atoms with van der Waals surface area (Å²) >= 11 is 0. The predicted octanol–water partition coefficient (Wildman–Crippen LogP) is 0.532. The summed E-state index contributed by atoms with van der Waals surface area (Å²) in [6.07, 6.45) is 3.23. The third-order valence-corrected chi connectivity index (χ3v) is 1.93. The van der Waals surface area contributed by atoms with Crippen LogP contribution in [0.3, 0.4) is 0 Å². The van der Waals surface area contributed by atoms with E-state index in [1.54, 1.807) is 0 Å². The third-order valence-electron chi connectivity index (χ3n) is 1.93. The number of nitrogens with two attached hydrogens (primary N) is 1. The van der Waals surface area contributed by atoms with Gasteiger partial charge in [-0.05, 0) is 6.42 Å². The van der Waals surface area contributed by atoms with Gasteiger partial charge >= 0.3 is 0 Å². The second kappa shape index (κ2) is 5.39. The lowest BCUT2D eigenvalue weighted by atomic mass is 10.1. The summed E-state index contributed by atoms with van der Waals surface area (Å²) in [7, 11) is 0. The Kier molecular flexibility index (Phi) is 4.12. The van der Waals surface area contributed by atoms with Crippen LogP contribution in [0.4, 0.5) is 0 Å². The Labute approximate surface area is 82.6 Å². The van der Waals surface area contributed by atoms with Gasteiger partial charge < -0.3 is 15.6 Å². The topological polar surface area (TPSA) is 81.1 Å². The molecule has 0 bridgehead atoms. The van der Waals surface area contributed by atoms with E-state index < -0.39 is 0 Å². The van der Waals surface area contributed by atoms with Gasteiger partial charge in [0.15, 0.2) is 5.69 Å². The van der Waals surface area contributed by atoms with Crippen LogP contribution in [-0.4, -0.2) is 23.7 Å². The van der Waals surface area contributed by atoms with Crippen molar-refractivity contribution >= 4 is 5.91 Å². The van der Waals surface area contributed by atoms with Gasteiger partial charge in [-0.2, -0.15) is 0 Å². The quantitative estimate of drug-likeness (QED) is 0.721. The minimum absolute atomic E-state index is 0.0178. The molecule has 0 spiro atoms. The van der Waals surface area contributed by atoms with Crippen molar-refractivity contribution in [1.82, 2.24) is 10.5 Å². The largest absolute Gasteiger partial charge is 0.364 e. The molecule has 0 fully saturated rings. The van der Waals surface area contributed by atoms with E-state index in [-0.39, 0.29) is 11.9 Å². The fraction of sp³-hybridized carbons (Fsp3) is 0.556. The Hall–Kier alpha value is -1.36. The molecule has 1 aromatic heterocycles. The number of carbonyl (C=O) groups is 1. The van der Waals surface area contributed by atoms with Crippen LogP contribution in [0.2, 0.25) is 0 Å². The van der Waals surface area contributed by atoms with E-state index in [1.807, 2.05) is 6.92 Å². The molecule has 1 aromatic rings. The molecule has 0 saturated heterocycles. The Morgan fingerprint density at radius 2 is 2.57 bits per heavy atom. The van der Waals surface area contributed by atoms with Crippen molar-refractivity contribution in [3.8, 4) is 0 Å². The molecule has 78 valence electrons. The van der Waals surface area contributed by atoms with Crippen molar-refractivity contribution in [3.05, 3.63) is 18.0 Å². The molecule has 3 N–H and O–H groups in total. The minimum Gasteiger partial charge on any atom is -0.364 e. The molecule has 1 atom stereocenters. The Morgan fingerprint density at radius 1 is 1.79 bits per heavy atom. The normalized spacial score (nSPS) is 12.4. The minimum atomic E-state index is -0.234. The Bertz CT molecular complexity index is 272. The molecule has 0 aliphatic heterocycles. The zero-order valence-corrected chi connectivity index (χ0v) is 8.19. The molecule has 1 amide bonds. The van der Waals surface area contributed by atoms with Gasteiger partial charge in [-0.1, -0.05) is 18.5 Å². The van der Waals surface area contributed by atoms with E-state index in [4.69, 9.17) is 5.73 Å². The van der Waals surface area contributed by atoms with Crippen LogP contribution in [0.15, 0.2) is 16.9 Å². The molecule has 14 heavy (non-hydrogen) atoms. The molecular formula is C9H15N3O2. The lowest BCUT2D eigenvalue weighted by molar-refractivity contribution is 0.0927. The summed E-state index contributed by atoms with van der Waals surface area (Å²) in [5, 5.41) is 6.32. The monoisotopic (exact) mass is 197 g/mol. The number of nitrogens with zero attached hydrogens (tertiary/aromatic N) is 1. The molecule has 0 radical (unpaired) electrons. The number of nitrogens with one attached hydrogen (secondary N) is 1. The van der Waals surface area contributed by atoms with Gasteiger partial charge in [0.05, 0.1) is 0 Å². The molecule has 0 saturated carbocycles. The molecule has 0 aromatic carbocycles. The lowest BCUT2D eigenvalue weighted by Gasteiger charge is -2.14. The van der Waals surface area contributed by atoms with Gasteiger partial charge in [-0.25, -0.2) is 0 Å². The van der Waals surface area contributed by atoms with E-state index >= 15 is 0 Å². The fourth-order valence-electron chi connectivity index (χ4n) is 1.19. The van der Waals surface area contributed by atoms with Crippen LogP contribution in [0.5, 0.6) is 0 Å². The summed E-state index contributed by atoms with van der Waals surface area (Å²) < 4.78 is 4.57. The summed E-state index contributed by atoms with van der Waals surface area (Å²) in [6.45, 7) is 2.49. The average molecular weight is 197 g/mol. The van der Waals surface area contributed by atoms with Gasteiger partial charge in [0.25, 0.3) is 5.91 Å². The number of carbonyl (C=O) groups excluding carboxylic acids is 1. The zero-order valence-electron chi connectivity index (χ0n) is 8.19. The van der Waals surface area contributed by atoms with E-state index in [1.165, 1.54) is 12.3 Å². The summed E-state index contributed by atoms with van der Waals surface area (Å²) in [5.74, 6) is -0.234. The first-order chi connectivity index (χ1) is 6.77. The molecule has 5 heteroatoms. The maximum Gasteiger partial charge on any atom is 0.273 e. The highest BCUT2D eigenvalue weighted by molar-refractivity contribution is 5.92. The smallest absolute Gasteiger partial charge is 0.273 e. The molecule has 0 aliphatic carbocycles. The summed E-state index contributed by atoms with van der Waals surface area (Å²) in [4.78, 5) is 11.5. The Morgan fingerprint density at radius 3 is 3.07 bits per heavy atom. The fourth-order valence-corrected chi connectivity index (χ4v) is 1.19. The predicted molar refractivity (Wildman–Crippen MR) is 51.7 cm³/mol. The first-order valence-corrected chi connectivity index (χ1v) is 4.69. The average Bonchev–Trinajstić information content (AvgIpc) is 2.69. The highest BCUT2D eigenvalue weighted by Crippen LogP contribution is 1.98. The van der Waals surface area contributed by atoms with Crippen LogP contribution in [-0.2, 0) is 0 Å². The van der Waals surface area contributed by atoms with Crippen molar-refractivity contribution in [2.24, 2.45) is 5.73 Å². The van der Waals surface area contributed by atoms with E-state index in [0.717, 1.165) is 12.8 Å². The van der Waals surface area contributed by atoms with Crippen molar-refractivity contribution in [2.45, 2.75) is 25.8 Å². The first-order valence-electron chi connectivity index (χ1n) is 4.69. The maximum absolute atomic E-state index is 11.5. The number of hydrogen-bond donors (Lipinski definition) is 2. The van der Waals surface area contributed by atoms with Crippen LogP contribution in [0.25, 0.3) is 0 Å². The Balaban J connectivity index is 2.47. The number of amides is 1. The highest BCUT2D eigenvalue weighted by atomic mass is 16.5. The van der Waals surface area contributed by atoms with Crippen molar-refractivity contribution < 1.29 is 9.32 Å². The second-order valence-corrected chi connectivity index (χ2v) is 3.08. The van der Waals surface area contributed by atoms with Crippen molar-refractivity contribution in [3.63, 3.8) is 0 Å². The van der Waals surface area contributed by atoms with Gasteiger partial charge in [0, 0.05) is 18.7 Å². The molecule has 0 aliphatic rings. The molecule has 1 rings (SSSR count). The van der Waals surface area contributed by atoms with Gasteiger partial charge in [0.2, 0.25) is 0 Å². The van der Waals surface area contributed by atoms with Gasteiger partial charge in [-0.3, -0.25) is 4.79 Å². The van der Waals surface area contributed by atoms with Crippen molar-refractivity contribution in [1.29, 1.82) is 0 Å². The van der Waals surface area contributed by atoms with Crippen LogP contribution >= 0.6 is 0 Å². The van der Waals surface area contributed by atoms with Crippen LogP contribution < -0.4 is 11.1 Å². The summed E-state index contributed by atoms with van der Waals surface area (Å²) in [5.41, 5.74) is 5.79. The first kappa shape index (κ1) is 10.7. The third kappa shape index (κ3) is 2.85. The van der Waals surface area contributed by atoms with Crippen LogP contribution in [0.1, 0.15) is 30.3 Å². The number of rotatable bonds is 5. The van der Waals surface area contributed by atoms with Gasteiger partial charge in [-0.15, -0.1) is 0 Å². The highest BCUT2D eigenvalue weighted by Gasteiger charge is 2.13. The van der Waals surface area contributed by atoms with Crippen molar-refractivity contribution in [2.75, 3.05) is 6.54 Å². The molecule has 1 heterocycles. The summed E-state index contributed by atoms with van der Waals surface area (Å²) in [6, 6.07) is 1.54. The molecule has 5 nitrogen and oxygen atoms in total. The zero-order chi connectivity index (χ0) is 10.4. The molecular weight excluding hydrogens is 182 g/mol. The van der Waals surface area contributed by atoms with Crippen LogP contribution in [0, 0.1) is 0 Å².